The van der Waals surface area contributed by atoms with Gasteiger partial charge in [0.25, 0.3) is 0 Å². The molecule has 11 heteroatoms. The molecule has 3 saturated carbocycles. The van der Waals surface area contributed by atoms with E-state index >= 15 is 0 Å². The Bertz CT molecular complexity index is 1280. The fourth-order valence-electron chi connectivity index (χ4n) is 5.83. The minimum Gasteiger partial charge on any atom is -0.389 e. The Morgan fingerprint density at radius 3 is 2.84 bits per heavy atom. The van der Waals surface area contributed by atoms with Gasteiger partial charge in [-0.2, -0.15) is 9.97 Å². The number of aromatic nitrogens is 4. The van der Waals surface area contributed by atoms with Gasteiger partial charge in [0.05, 0.1) is 23.9 Å². The Balaban J connectivity index is 1.32. The van der Waals surface area contributed by atoms with Crippen LogP contribution >= 0.6 is 23.2 Å². The molecule has 3 aliphatic carbocycles. The van der Waals surface area contributed by atoms with Gasteiger partial charge >= 0.3 is 0 Å². The van der Waals surface area contributed by atoms with Gasteiger partial charge in [-0.25, -0.2) is 4.98 Å². The SMILES string of the molecule is CNC(=O)C12CC1[C@H]1[C@@H](n3cnc4c(NCc5cccc(Cl)c5)nc(Cl)nc43)[C@@]1(O)[C@@H]2O. The van der Waals surface area contributed by atoms with Gasteiger partial charge in [-0.15, -0.1) is 0 Å². The Hall–Kier alpha value is -2.46. The predicted octanol–water partition coefficient (Wildman–Crippen LogP) is 1.77. The molecule has 0 bridgehead atoms. The second-order valence-electron chi connectivity index (χ2n) is 8.84. The summed E-state index contributed by atoms with van der Waals surface area (Å²) < 4.78 is 1.74. The Morgan fingerprint density at radius 1 is 1.34 bits per heavy atom. The van der Waals surface area contributed by atoms with E-state index in [0.717, 1.165) is 5.56 Å². The molecule has 1 amide bonds. The average molecular weight is 475 g/mol. The number of nitrogens with one attached hydrogen (secondary N) is 2. The molecular weight excluding hydrogens is 455 g/mol. The van der Waals surface area contributed by atoms with Gasteiger partial charge in [0.2, 0.25) is 11.2 Å². The maximum absolute atomic E-state index is 12.3. The lowest BCUT2D eigenvalue weighted by atomic mass is 9.93. The molecule has 2 aromatic heterocycles. The van der Waals surface area contributed by atoms with Gasteiger partial charge in [0.1, 0.15) is 5.60 Å². The number of hydrogen-bond acceptors (Lipinski definition) is 7. The number of benzene rings is 1. The number of hydrogen-bond donors (Lipinski definition) is 4. The Kier molecular flexibility index (Phi) is 4.12. The van der Waals surface area contributed by atoms with Gasteiger partial charge in [-0.3, -0.25) is 4.79 Å². The zero-order chi connectivity index (χ0) is 22.4. The van der Waals surface area contributed by atoms with Crippen LogP contribution in [0.25, 0.3) is 11.2 Å². The third-order valence-corrected chi connectivity index (χ3v) is 7.75. The molecule has 1 aromatic carbocycles. The fourth-order valence-corrected chi connectivity index (χ4v) is 6.21. The smallest absolute Gasteiger partial charge is 0.229 e. The zero-order valence-electron chi connectivity index (χ0n) is 17.0. The number of carbonyl (C=O) groups is 1. The van der Waals surface area contributed by atoms with Gasteiger partial charge in [0, 0.05) is 24.5 Å². The molecule has 3 fully saturated rings. The zero-order valence-corrected chi connectivity index (χ0v) is 18.5. The second-order valence-corrected chi connectivity index (χ2v) is 9.61. The van der Waals surface area contributed by atoms with E-state index in [-0.39, 0.29) is 23.0 Å². The summed E-state index contributed by atoms with van der Waals surface area (Å²) in [6, 6.07) is 7.03. The summed E-state index contributed by atoms with van der Waals surface area (Å²) in [6.45, 7) is 0.460. The number of carbonyl (C=O) groups excluding carboxylic acids is 1. The highest BCUT2D eigenvalue weighted by Crippen LogP contribution is 2.82. The summed E-state index contributed by atoms with van der Waals surface area (Å²) in [6.07, 6.45) is 0.995. The van der Waals surface area contributed by atoms with Crippen LogP contribution in [0.15, 0.2) is 30.6 Å². The molecule has 0 saturated heterocycles. The summed E-state index contributed by atoms with van der Waals surface area (Å²) in [5, 5.41) is 28.7. The van der Waals surface area contributed by atoms with Crippen molar-refractivity contribution in [1.29, 1.82) is 0 Å². The maximum Gasteiger partial charge on any atom is 0.229 e. The lowest BCUT2D eigenvalue weighted by molar-refractivity contribution is -0.134. The average Bonchev–Trinajstić information content (AvgIpc) is 3.58. The van der Waals surface area contributed by atoms with E-state index in [1.165, 1.54) is 0 Å². The number of anilines is 1. The van der Waals surface area contributed by atoms with Crippen molar-refractivity contribution in [2.24, 2.45) is 17.3 Å². The number of fused-ring (bicyclic) bond motifs is 4. The van der Waals surface area contributed by atoms with Crippen molar-refractivity contribution in [3.8, 4) is 0 Å². The molecular formula is C21H20Cl2N6O3. The molecule has 6 atom stereocenters. The number of nitrogens with zero attached hydrogens (tertiary/aromatic N) is 4. The normalized spacial score (nSPS) is 34.2. The minimum atomic E-state index is -1.39. The first-order valence-electron chi connectivity index (χ1n) is 10.3. The van der Waals surface area contributed by atoms with E-state index in [2.05, 4.69) is 25.6 Å². The van der Waals surface area contributed by atoms with Crippen LogP contribution < -0.4 is 10.6 Å². The van der Waals surface area contributed by atoms with Crippen molar-refractivity contribution < 1.29 is 15.0 Å². The second kappa shape index (κ2) is 6.54. The fraction of sp³-hybridized carbons (Fsp3) is 0.429. The van der Waals surface area contributed by atoms with Gasteiger partial charge < -0.3 is 25.4 Å². The third kappa shape index (κ3) is 2.47. The summed E-state index contributed by atoms with van der Waals surface area (Å²) in [4.78, 5) is 25.4. The molecule has 6 rings (SSSR count). The largest absolute Gasteiger partial charge is 0.389 e. The van der Waals surface area contributed by atoms with Crippen LogP contribution in [0.1, 0.15) is 18.0 Å². The van der Waals surface area contributed by atoms with Crippen molar-refractivity contribution >= 4 is 46.1 Å². The number of amides is 1. The van der Waals surface area contributed by atoms with Crippen LogP contribution in [0, 0.1) is 17.3 Å². The molecule has 2 unspecified atom stereocenters. The molecule has 3 aromatic rings. The van der Waals surface area contributed by atoms with Crippen LogP contribution in [0.3, 0.4) is 0 Å². The van der Waals surface area contributed by atoms with Crippen molar-refractivity contribution in [3.05, 3.63) is 46.5 Å². The molecule has 9 nitrogen and oxygen atoms in total. The monoisotopic (exact) mass is 474 g/mol. The van der Waals surface area contributed by atoms with E-state index in [1.54, 1.807) is 24.0 Å². The summed E-state index contributed by atoms with van der Waals surface area (Å²) in [5.74, 6) is -0.0858. The molecule has 0 radical (unpaired) electrons. The minimum absolute atomic E-state index is 0.0392. The maximum atomic E-state index is 12.3. The van der Waals surface area contributed by atoms with Crippen molar-refractivity contribution in [3.63, 3.8) is 0 Å². The summed E-state index contributed by atoms with van der Waals surface area (Å²) in [5.41, 5.74) is -0.349. The number of aliphatic hydroxyl groups excluding tert-OH is 1. The third-order valence-electron chi connectivity index (χ3n) is 7.35. The van der Waals surface area contributed by atoms with Crippen LogP contribution in [0.2, 0.25) is 10.3 Å². The van der Waals surface area contributed by atoms with Crippen LogP contribution in [-0.4, -0.2) is 54.4 Å². The lowest BCUT2D eigenvalue weighted by Crippen LogP contribution is -2.45. The topological polar surface area (TPSA) is 125 Å². The molecule has 2 heterocycles. The number of imidazole rings is 1. The van der Waals surface area contributed by atoms with Crippen LogP contribution in [0.4, 0.5) is 5.82 Å². The standard InChI is InChI=1S/C21H20Cl2N6O3/c1-24-18(31)20-6-11(20)12-14(21(12,32)17(20)30)29-8-26-13-15(27-19(23)28-16(13)29)25-7-9-3-2-4-10(22)5-9/h2-5,8,11-12,14,17,30,32H,6-7H2,1H3,(H,24,31)(H,25,27,28)/t11?,12-,14+,17+,20?,21+/m0/s1. The van der Waals surface area contributed by atoms with Crippen molar-refractivity contribution in [2.75, 3.05) is 12.4 Å². The van der Waals surface area contributed by atoms with E-state index < -0.39 is 23.2 Å². The Morgan fingerprint density at radius 2 is 2.16 bits per heavy atom. The molecule has 166 valence electrons. The molecule has 3 aliphatic rings. The highest BCUT2D eigenvalue weighted by molar-refractivity contribution is 6.30. The molecule has 4 N–H and O–H groups in total. The number of halogens is 2. The van der Waals surface area contributed by atoms with Crippen LogP contribution in [0.5, 0.6) is 0 Å². The lowest BCUT2D eigenvalue weighted by Gasteiger charge is -2.25. The van der Waals surface area contributed by atoms with Gasteiger partial charge in [-0.1, -0.05) is 23.7 Å². The van der Waals surface area contributed by atoms with Crippen LogP contribution in [-0.2, 0) is 11.3 Å². The van der Waals surface area contributed by atoms with Crippen molar-refractivity contribution in [2.45, 2.75) is 30.7 Å². The quantitative estimate of drug-likeness (QED) is 0.415. The van der Waals surface area contributed by atoms with E-state index in [1.807, 2.05) is 18.2 Å². The number of aliphatic hydroxyl groups is 2. The predicted molar refractivity (Wildman–Crippen MR) is 117 cm³/mol. The van der Waals surface area contributed by atoms with E-state index in [4.69, 9.17) is 23.2 Å². The van der Waals surface area contributed by atoms with Gasteiger partial charge in [0.15, 0.2) is 17.0 Å². The molecule has 0 spiro atoms. The highest BCUT2D eigenvalue weighted by Gasteiger charge is 2.91. The number of rotatable bonds is 5. The molecule has 0 aliphatic heterocycles. The van der Waals surface area contributed by atoms with E-state index in [9.17, 15) is 15.0 Å². The Labute approximate surface area is 192 Å². The summed E-state index contributed by atoms with van der Waals surface area (Å²) >= 11 is 12.3. The van der Waals surface area contributed by atoms with E-state index in [0.29, 0.717) is 35.0 Å². The highest BCUT2D eigenvalue weighted by atomic mass is 35.5. The van der Waals surface area contributed by atoms with Gasteiger partial charge in [-0.05, 0) is 41.6 Å². The first kappa shape index (κ1) is 20.2. The first-order valence-corrected chi connectivity index (χ1v) is 11.1. The summed E-state index contributed by atoms with van der Waals surface area (Å²) in [7, 11) is 1.55. The van der Waals surface area contributed by atoms with Crippen molar-refractivity contribution in [1.82, 2.24) is 24.8 Å². The first-order chi connectivity index (χ1) is 15.3. The molecule has 32 heavy (non-hydrogen) atoms.